The molecule has 6 heteroatoms. The summed E-state index contributed by atoms with van der Waals surface area (Å²) in [7, 11) is 1.61. The van der Waals surface area contributed by atoms with Crippen molar-refractivity contribution in [2.75, 3.05) is 20.3 Å². The van der Waals surface area contributed by atoms with Gasteiger partial charge in [0.1, 0.15) is 17.5 Å². The molecule has 1 aliphatic heterocycles. The molecule has 2 aromatic carbocycles. The van der Waals surface area contributed by atoms with Gasteiger partial charge in [0.15, 0.2) is 0 Å². The third-order valence-corrected chi connectivity index (χ3v) is 4.72. The van der Waals surface area contributed by atoms with Gasteiger partial charge in [-0.15, -0.1) is 0 Å². The maximum absolute atomic E-state index is 12.5. The largest absolute Gasteiger partial charge is 0.494 e. The standard InChI is InChI=1S/C21H21N3O3/c1-26-19-9-5-4-8-18(19)24-14-16(12-23-24)21(25)22-13-20-17-7-3-2-6-15(17)10-11-27-20/h2-9,12,14,20H,10-11,13H2,1H3,(H,22,25)/t20-/m1/s1. The summed E-state index contributed by atoms with van der Waals surface area (Å²) in [4.78, 5) is 12.5. The van der Waals surface area contributed by atoms with Crippen molar-refractivity contribution in [3.63, 3.8) is 0 Å². The minimum absolute atomic E-state index is 0.122. The molecule has 2 heterocycles. The fourth-order valence-corrected chi connectivity index (χ4v) is 3.32. The summed E-state index contributed by atoms with van der Waals surface area (Å²) in [5.41, 5.74) is 3.70. The first-order valence-electron chi connectivity index (χ1n) is 8.92. The van der Waals surface area contributed by atoms with E-state index in [2.05, 4.69) is 22.5 Å². The minimum atomic E-state index is -0.178. The first-order valence-corrected chi connectivity index (χ1v) is 8.92. The molecule has 0 aliphatic carbocycles. The van der Waals surface area contributed by atoms with E-state index in [1.54, 1.807) is 24.2 Å². The van der Waals surface area contributed by atoms with Gasteiger partial charge in [0.2, 0.25) is 0 Å². The summed E-state index contributed by atoms with van der Waals surface area (Å²) in [6, 6.07) is 15.7. The molecule has 0 radical (unpaired) electrons. The van der Waals surface area contributed by atoms with Crippen molar-refractivity contribution >= 4 is 5.91 Å². The lowest BCUT2D eigenvalue weighted by Gasteiger charge is -2.26. The molecule has 0 spiro atoms. The van der Waals surface area contributed by atoms with Crippen LogP contribution in [0.1, 0.15) is 27.6 Å². The molecule has 0 saturated carbocycles. The normalized spacial score (nSPS) is 15.8. The van der Waals surface area contributed by atoms with E-state index in [4.69, 9.17) is 9.47 Å². The Kier molecular flexibility index (Phi) is 4.89. The second-order valence-electron chi connectivity index (χ2n) is 6.36. The summed E-state index contributed by atoms with van der Waals surface area (Å²) in [6.45, 7) is 1.10. The van der Waals surface area contributed by atoms with E-state index < -0.39 is 0 Å². The molecule has 3 aromatic rings. The van der Waals surface area contributed by atoms with Crippen molar-refractivity contribution in [1.82, 2.24) is 15.1 Å². The zero-order valence-electron chi connectivity index (χ0n) is 15.1. The van der Waals surface area contributed by atoms with Crippen LogP contribution >= 0.6 is 0 Å². The number of hydrogen-bond donors (Lipinski definition) is 1. The summed E-state index contributed by atoms with van der Waals surface area (Å²) >= 11 is 0. The Labute approximate surface area is 157 Å². The fourth-order valence-electron chi connectivity index (χ4n) is 3.32. The van der Waals surface area contributed by atoms with Crippen LogP contribution in [0.15, 0.2) is 60.9 Å². The van der Waals surface area contributed by atoms with E-state index in [0.717, 1.165) is 17.7 Å². The van der Waals surface area contributed by atoms with Gasteiger partial charge in [-0.2, -0.15) is 5.10 Å². The number of fused-ring (bicyclic) bond motifs is 1. The van der Waals surface area contributed by atoms with Gasteiger partial charge in [-0.1, -0.05) is 36.4 Å². The summed E-state index contributed by atoms with van der Waals surface area (Å²) in [5.74, 6) is 0.516. The molecule has 138 valence electrons. The van der Waals surface area contributed by atoms with Gasteiger partial charge in [0.05, 0.1) is 25.5 Å². The van der Waals surface area contributed by atoms with Crippen molar-refractivity contribution in [2.24, 2.45) is 0 Å². The molecule has 1 N–H and O–H groups in total. The topological polar surface area (TPSA) is 65.4 Å². The van der Waals surface area contributed by atoms with Crippen LogP contribution < -0.4 is 10.1 Å². The Balaban J connectivity index is 1.45. The number of carbonyl (C=O) groups excluding carboxylic acids is 1. The van der Waals surface area contributed by atoms with Crippen LogP contribution in [0, 0.1) is 0 Å². The van der Waals surface area contributed by atoms with Gasteiger partial charge < -0.3 is 14.8 Å². The zero-order valence-corrected chi connectivity index (χ0v) is 15.1. The quantitative estimate of drug-likeness (QED) is 0.757. The van der Waals surface area contributed by atoms with Gasteiger partial charge in [-0.25, -0.2) is 4.68 Å². The van der Waals surface area contributed by atoms with Gasteiger partial charge in [0, 0.05) is 12.7 Å². The van der Waals surface area contributed by atoms with E-state index in [1.807, 2.05) is 36.4 Å². The Bertz CT molecular complexity index is 951. The molecule has 1 atom stereocenters. The van der Waals surface area contributed by atoms with Gasteiger partial charge in [-0.3, -0.25) is 4.79 Å². The third kappa shape index (κ3) is 3.57. The molecule has 4 rings (SSSR count). The van der Waals surface area contributed by atoms with E-state index in [0.29, 0.717) is 24.5 Å². The monoisotopic (exact) mass is 363 g/mol. The first kappa shape index (κ1) is 17.3. The molecular weight excluding hydrogens is 342 g/mol. The number of methoxy groups -OCH3 is 1. The van der Waals surface area contributed by atoms with Crippen LogP contribution in [0.4, 0.5) is 0 Å². The van der Waals surface area contributed by atoms with Crippen LogP contribution in [0.3, 0.4) is 0 Å². The number of nitrogens with zero attached hydrogens (tertiary/aromatic N) is 2. The zero-order chi connectivity index (χ0) is 18.6. The number of nitrogens with one attached hydrogen (secondary N) is 1. The lowest BCUT2D eigenvalue weighted by atomic mass is 9.97. The third-order valence-electron chi connectivity index (χ3n) is 4.72. The average molecular weight is 363 g/mol. The smallest absolute Gasteiger partial charge is 0.254 e. The predicted octanol–water partition coefficient (Wildman–Crippen LogP) is 2.92. The summed E-state index contributed by atoms with van der Waals surface area (Å²) in [6.07, 6.45) is 4.04. The molecule has 0 saturated heterocycles. The van der Waals surface area contributed by atoms with Crippen molar-refractivity contribution in [1.29, 1.82) is 0 Å². The highest BCUT2D eigenvalue weighted by molar-refractivity contribution is 5.93. The number of rotatable bonds is 5. The predicted molar refractivity (Wildman–Crippen MR) is 101 cm³/mol. The SMILES string of the molecule is COc1ccccc1-n1cc(C(=O)NC[C@H]2OCCc3ccccc32)cn1. The molecule has 1 aromatic heterocycles. The first-order chi connectivity index (χ1) is 13.3. The van der Waals surface area contributed by atoms with Gasteiger partial charge in [0.25, 0.3) is 5.91 Å². The Morgan fingerprint density at radius 1 is 1.26 bits per heavy atom. The Hall–Kier alpha value is -3.12. The lowest BCUT2D eigenvalue weighted by Crippen LogP contribution is -2.31. The van der Waals surface area contributed by atoms with Crippen LogP contribution in [-0.4, -0.2) is 35.9 Å². The van der Waals surface area contributed by atoms with Gasteiger partial charge >= 0.3 is 0 Å². The summed E-state index contributed by atoms with van der Waals surface area (Å²) in [5, 5.41) is 7.25. The second-order valence-corrected chi connectivity index (χ2v) is 6.36. The van der Waals surface area contributed by atoms with E-state index >= 15 is 0 Å². The number of benzene rings is 2. The van der Waals surface area contributed by atoms with E-state index in [9.17, 15) is 4.79 Å². The number of carbonyl (C=O) groups is 1. The highest BCUT2D eigenvalue weighted by Crippen LogP contribution is 2.26. The Morgan fingerprint density at radius 3 is 2.96 bits per heavy atom. The summed E-state index contributed by atoms with van der Waals surface area (Å²) < 4.78 is 12.8. The van der Waals surface area contributed by atoms with Crippen molar-refractivity contribution in [2.45, 2.75) is 12.5 Å². The van der Waals surface area contributed by atoms with E-state index in [-0.39, 0.29) is 12.0 Å². The molecular formula is C21H21N3O3. The van der Waals surface area contributed by atoms with Crippen LogP contribution in [0.25, 0.3) is 5.69 Å². The van der Waals surface area contributed by atoms with Crippen LogP contribution in [0.2, 0.25) is 0 Å². The lowest BCUT2D eigenvalue weighted by molar-refractivity contribution is 0.0411. The number of ether oxygens (including phenoxy) is 2. The van der Waals surface area contributed by atoms with Gasteiger partial charge in [-0.05, 0) is 29.7 Å². The molecule has 6 nitrogen and oxygen atoms in total. The van der Waals surface area contributed by atoms with Crippen molar-refractivity contribution < 1.29 is 14.3 Å². The van der Waals surface area contributed by atoms with Crippen molar-refractivity contribution in [3.05, 3.63) is 77.6 Å². The molecule has 1 amide bonds. The minimum Gasteiger partial charge on any atom is -0.494 e. The van der Waals surface area contributed by atoms with Crippen LogP contribution in [0.5, 0.6) is 5.75 Å². The number of hydrogen-bond acceptors (Lipinski definition) is 4. The van der Waals surface area contributed by atoms with Crippen LogP contribution in [-0.2, 0) is 11.2 Å². The maximum Gasteiger partial charge on any atom is 0.254 e. The molecule has 0 fully saturated rings. The average Bonchev–Trinajstić information content (AvgIpc) is 3.22. The van der Waals surface area contributed by atoms with Crippen molar-refractivity contribution in [3.8, 4) is 11.4 Å². The molecule has 1 aliphatic rings. The molecule has 0 unspecified atom stereocenters. The fraction of sp³-hybridized carbons (Fsp3) is 0.238. The number of amides is 1. The molecule has 0 bridgehead atoms. The highest BCUT2D eigenvalue weighted by Gasteiger charge is 2.21. The molecule has 27 heavy (non-hydrogen) atoms. The number of aromatic nitrogens is 2. The second kappa shape index (κ2) is 7.63. The number of para-hydroxylation sites is 2. The highest BCUT2D eigenvalue weighted by atomic mass is 16.5. The maximum atomic E-state index is 12.5. The van der Waals surface area contributed by atoms with E-state index in [1.165, 1.54) is 5.56 Å². The Morgan fingerprint density at radius 2 is 2.07 bits per heavy atom.